The van der Waals surface area contributed by atoms with Crippen molar-refractivity contribution in [3.8, 4) is 28.8 Å². The van der Waals surface area contributed by atoms with E-state index in [-0.39, 0.29) is 22.6 Å². The topological polar surface area (TPSA) is 107 Å². The van der Waals surface area contributed by atoms with Gasteiger partial charge in [-0.15, -0.1) is 23.7 Å². The third-order valence-corrected chi connectivity index (χ3v) is 4.83. The van der Waals surface area contributed by atoms with Gasteiger partial charge in [0.15, 0.2) is 4.88 Å². The van der Waals surface area contributed by atoms with Crippen molar-refractivity contribution in [2.75, 3.05) is 11.9 Å². The molecule has 1 aliphatic rings. The highest BCUT2D eigenvalue weighted by atomic mass is 32.1. The smallest absolute Gasteiger partial charge is 0.264 e. The van der Waals surface area contributed by atoms with Crippen LogP contribution in [0.4, 0.5) is 5.82 Å². The summed E-state index contributed by atoms with van der Waals surface area (Å²) in [5.74, 6) is 2.64. The van der Waals surface area contributed by atoms with E-state index in [1.54, 1.807) is 18.3 Å². The highest BCUT2D eigenvalue weighted by molar-refractivity contribution is 7.17. The van der Waals surface area contributed by atoms with Crippen LogP contribution >= 0.6 is 11.3 Å². The largest absolute Gasteiger partial charge is 0.476 e. The number of aromatic nitrogens is 2. The van der Waals surface area contributed by atoms with Crippen molar-refractivity contribution in [3.63, 3.8) is 0 Å². The molecule has 0 aromatic carbocycles. The van der Waals surface area contributed by atoms with Gasteiger partial charge in [0.05, 0.1) is 6.61 Å². The van der Waals surface area contributed by atoms with Crippen molar-refractivity contribution < 1.29 is 14.3 Å². The van der Waals surface area contributed by atoms with Crippen LogP contribution in [0, 0.1) is 18.3 Å². The number of ether oxygens (including phenoxy) is 1. The number of hydrogen-bond donors (Lipinski definition) is 2. The Labute approximate surface area is 155 Å². The van der Waals surface area contributed by atoms with E-state index in [2.05, 4.69) is 21.2 Å². The normalized spacial score (nSPS) is 13.0. The van der Waals surface area contributed by atoms with Gasteiger partial charge in [0, 0.05) is 24.1 Å². The Morgan fingerprint density at radius 1 is 1.46 bits per heavy atom. The molecule has 3 rings (SSSR count). The summed E-state index contributed by atoms with van der Waals surface area (Å²) in [6.07, 6.45) is 9.86. The zero-order valence-corrected chi connectivity index (χ0v) is 14.8. The molecule has 26 heavy (non-hydrogen) atoms. The number of nitrogens with zero attached hydrogens (tertiary/aromatic N) is 2. The molecule has 0 bridgehead atoms. The number of hydrogen-bond acceptors (Lipinski definition) is 6. The third kappa shape index (κ3) is 4.37. The molecule has 134 valence electrons. The number of primary amides is 1. The van der Waals surface area contributed by atoms with E-state index in [0.717, 1.165) is 29.7 Å². The SMILES string of the molecule is C#CCCCOc1nc(-c2ccnc(NC(=O)C3CC3)c2)sc1C(N)=O. The quantitative estimate of drug-likeness (QED) is 0.548. The fourth-order valence-corrected chi connectivity index (χ4v) is 3.09. The number of thiazole rings is 1. The first kappa shape index (κ1) is 17.9. The first-order valence-corrected chi connectivity index (χ1v) is 9.04. The summed E-state index contributed by atoms with van der Waals surface area (Å²) >= 11 is 1.14. The zero-order chi connectivity index (χ0) is 18.5. The molecule has 0 unspecified atom stereocenters. The number of anilines is 1. The first-order chi connectivity index (χ1) is 12.6. The lowest BCUT2D eigenvalue weighted by molar-refractivity contribution is -0.117. The number of carbonyl (C=O) groups excluding carboxylic acids is 2. The Morgan fingerprint density at radius 2 is 2.27 bits per heavy atom. The van der Waals surface area contributed by atoms with E-state index in [9.17, 15) is 9.59 Å². The summed E-state index contributed by atoms with van der Waals surface area (Å²) in [6, 6.07) is 3.46. The van der Waals surface area contributed by atoms with Crippen molar-refractivity contribution in [2.24, 2.45) is 11.7 Å². The van der Waals surface area contributed by atoms with Gasteiger partial charge in [-0.3, -0.25) is 9.59 Å². The van der Waals surface area contributed by atoms with E-state index in [4.69, 9.17) is 16.9 Å². The Bertz CT molecular complexity index is 868. The second kappa shape index (κ2) is 7.97. The van der Waals surface area contributed by atoms with Gasteiger partial charge in [0.2, 0.25) is 11.8 Å². The van der Waals surface area contributed by atoms with Gasteiger partial charge >= 0.3 is 0 Å². The maximum Gasteiger partial charge on any atom is 0.264 e. The minimum absolute atomic E-state index is 0.0239. The fourth-order valence-electron chi connectivity index (χ4n) is 2.23. The molecular formula is C18H18N4O3S. The average Bonchev–Trinajstić information content (AvgIpc) is 3.39. The van der Waals surface area contributed by atoms with Gasteiger partial charge in [-0.25, -0.2) is 9.97 Å². The predicted octanol–water partition coefficient (Wildman–Crippen LogP) is 2.44. The number of terminal acetylenes is 1. The number of unbranched alkanes of at least 4 members (excludes halogenated alkanes) is 1. The number of carbonyl (C=O) groups is 2. The maximum absolute atomic E-state index is 11.9. The Hall–Kier alpha value is -2.92. The zero-order valence-electron chi connectivity index (χ0n) is 14.0. The van der Waals surface area contributed by atoms with Crippen molar-refractivity contribution in [2.45, 2.75) is 25.7 Å². The second-order valence-corrected chi connectivity index (χ2v) is 6.87. The van der Waals surface area contributed by atoms with Gasteiger partial charge in [-0.05, 0) is 31.4 Å². The molecule has 7 nitrogen and oxygen atoms in total. The molecule has 0 radical (unpaired) electrons. The van der Waals surface area contributed by atoms with Crippen molar-refractivity contribution in [3.05, 3.63) is 23.2 Å². The molecule has 2 amide bonds. The predicted molar refractivity (Wildman–Crippen MR) is 98.8 cm³/mol. The van der Waals surface area contributed by atoms with Crippen LogP contribution < -0.4 is 15.8 Å². The summed E-state index contributed by atoms with van der Waals surface area (Å²) in [5, 5.41) is 3.36. The van der Waals surface area contributed by atoms with Gasteiger partial charge in [-0.2, -0.15) is 0 Å². The molecule has 8 heteroatoms. The van der Waals surface area contributed by atoms with Crippen LogP contribution in [0.25, 0.3) is 10.6 Å². The summed E-state index contributed by atoms with van der Waals surface area (Å²) in [4.78, 5) is 32.3. The molecule has 3 N–H and O–H groups in total. The van der Waals surface area contributed by atoms with Gasteiger partial charge in [0.1, 0.15) is 10.8 Å². The minimum Gasteiger partial charge on any atom is -0.476 e. The van der Waals surface area contributed by atoms with E-state index >= 15 is 0 Å². The van der Waals surface area contributed by atoms with Gasteiger partial charge in [0.25, 0.3) is 5.91 Å². The van der Waals surface area contributed by atoms with Crippen molar-refractivity contribution >= 4 is 29.0 Å². The Kier molecular flexibility index (Phi) is 5.49. The Balaban J connectivity index is 1.78. The highest BCUT2D eigenvalue weighted by Crippen LogP contribution is 2.34. The van der Waals surface area contributed by atoms with Gasteiger partial charge < -0.3 is 15.8 Å². The van der Waals surface area contributed by atoms with Crippen molar-refractivity contribution in [1.29, 1.82) is 0 Å². The van der Waals surface area contributed by atoms with Crippen LogP contribution in [-0.4, -0.2) is 28.4 Å². The molecule has 1 saturated carbocycles. The standard InChI is InChI=1S/C18H18N4O3S/c1-2-3-4-9-25-17-14(15(19)23)26-18(22-17)12-7-8-20-13(10-12)21-16(24)11-5-6-11/h1,7-8,10-11H,3-6,9H2,(H2,19,23)(H,20,21,24). The van der Waals surface area contributed by atoms with Crippen LogP contribution in [0.15, 0.2) is 18.3 Å². The number of rotatable bonds is 8. The first-order valence-electron chi connectivity index (χ1n) is 8.22. The number of nitrogens with one attached hydrogen (secondary N) is 1. The van der Waals surface area contributed by atoms with Crippen LogP contribution in [0.1, 0.15) is 35.4 Å². The molecule has 0 saturated heterocycles. The number of nitrogens with two attached hydrogens (primary N) is 1. The van der Waals surface area contributed by atoms with E-state index in [1.807, 2.05) is 0 Å². The molecular weight excluding hydrogens is 352 g/mol. The summed E-state index contributed by atoms with van der Waals surface area (Å²) < 4.78 is 5.55. The molecule has 0 spiro atoms. The molecule has 1 fully saturated rings. The number of pyridine rings is 1. The second-order valence-electron chi connectivity index (χ2n) is 5.87. The lowest BCUT2D eigenvalue weighted by Crippen LogP contribution is -2.14. The lowest BCUT2D eigenvalue weighted by atomic mass is 10.2. The van der Waals surface area contributed by atoms with Crippen molar-refractivity contribution in [1.82, 2.24) is 9.97 Å². The summed E-state index contributed by atoms with van der Waals surface area (Å²) in [6.45, 7) is 0.354. The number of amides is 2. The monoisotopic (exact) mass is 370 g/mol. The summed E-state index contributed by atoms with van der Waals surface area (Å²) in [5.41, 5.74) is 6.14. The van der Waals surface area contributed by atoms with Gasteiger partial charge in [-0.1, -0.05) is 0 Å². The molecule has 0 aliphatic heterocycles. The summed E-state index contributed by atoms with van der Waals surface area (Å²) in [7, 11) is 0. The molecule has 1 aliphatic carbocycles. The van der Waals surface area contributed by atoms with Crippen LogP contribution in [0.2, 0.25) is 0 Å². The molecule has 0 atom stereocenters. The lowest BCUT2D eigenvalue weighted by Gasteiger charge is -2.04. The highest BCUT2D eigenvalue weighted by Gasteiger charge is 2.29. The molecule has 2 heterocycles. The van der Waals surface area contributed by atoms with Crippen LogP contribution in [0.3, 0.4) is 0 Å². The molecule has 2 aromatic heterocycles. The molecule has 2 aromatic rings. The van der Waals surface area contributed by atoms with E-state index in [1.165, 1.54) is 0 Å². The van der Waals surface area contributed by atoms with E-state index in [0.29, 0.717) is 30.3 Å². The van der Waals surface area contributed by atoms with E-state index < -0.39 is 5.91 Å². The Morgan fingerprint density at radius 3 is 2.96 bits per heavy atom. The third-order valence-electron chi connectivity index (χ3n) is 3.73. The minimum atomic E-state index is -0.600. The maximum atomic E-state index is 11.9. The van der Waals surface area contributed by atoms with Crippen LogP contribution in [-0.2, 0) is 4.79 Å². The van der Waals surface area contributed by atoms with Crippen LogP contribution in [0.5, 0.6) is 5.88 Å². The average molecular weight is 370 g/mol. The fraction of sp³-hybridized carbons (Fsp3) is 0.333.